The van der Waals surface area contributed by atoms with Crippen LogP contribution in [0.25, 0.3) is 0 Å². The zero-order valence-corrected chi connectivity index (χ0v) is 8.49. The number of carboxylic acids is 1. The van der Waals surface area contributed by atoms with Crippen molar-refractivity contribution >= 4 is 21.9 Å². The molecule has 1 aromatic rings. The summed E-state index contributed by atoms with van der Waals surface area (Å²) in [6.07, 6.45) is 2.81. The molecule has 0 radical (unpaired) electrons. The fourth-order valence-electron chi connectivity index (χ4n) is 1.78. The van der Waals surface area contributed by atoms with Crippen molar-refractivity contribution in [3.63, 3.8) is 0 Å². The first-order valence-corrected chi connectivity index (χ1v) is 4.91. The van der Waals surface area contributed by atoms with E-state index in [-0.39, 0.29) is 12.3 Å². The van der Waals surface area contributed by atoms with Crippen molar-refractivity contribution in [3.05, 3.63) is 16.4 Å². The van der Waals surface area contributed by atoms with Crippen molar-refractivity contribution in [1.82, 2.24) is 9.78 Å². The second-order valence-electron chi connectivity index (χ2n) is 3.18. The number of carbonyl (C=O) groups is 1. The van der Waals surface area contributed by atoms with E-state index in [1.54, 1.807) is 6.20 Å². The lowest BCUT2D eigenvalue weighted by molar-refractivity contribution is -0.137. The van der Waals surface area contributed by atoms with Crippen LogP contribution in [0.1, 0.15) is 24.5 Å². The number of hydrogen-bond donors (Lipinski definition) is 1. The Morgan fingerprint density at radius 3 is 3.31 bits per heavy atom. The summed E-state index contributed by atoms with van der Waals surface area (Å²) in [5.41, 5.74) is 1.03. The number of carboxylic acid groups (broad SMARTS) is 1. The van der Waals surface area contributed by atoms with E-state index in [9.17, 15) is 4.79 Å². The van der Waals surface area contributed by atoms with Crippen molar-refractivity contribution in [1.29, 1.82) is 0 Å². The van der Waals surface area contributed by atoms with Crippen molar-refractivity contribution in [3.8, 4) is 0 Å². The van der Waals surface area contributed by atoms with Gasteiger partial charge < -0.3 is 5.11 Å². The normalized spacial score (nSPS) is 20.2. The van der Waals surface area contributed by atoms with Gasteiger partial charge in [-0.15, -0.1) is 0 Å². The molecule has 4 nitrogen and oxygen atoms in total. The zero-order valence-electron chi connectivity index (χ0n) is 6.90. The second-order valence-corrected chi connectivity index (χ2v) is 4.04. The standard InChI is InChI=1S/C8H9BrN2O2/c9-6-4-10-11-2-1-5(8(6)11)3-7(12)13/h4-5H,1-3H2,(H,12,13). The maximum Gasteiger partial charge on any atom is 0.304 e. The zero-order chi connectivity index (χ0) is 9.42. The van der Waals surface area contributed by atoms with Crippen molar-refractivity contribution in [2.75, 3.05) is 0 Å². The van der Waals surface area contributed by atoms with Crippen LogP contribution in [0.3, 0.4) is 0 Å². The predicted molar refractivity (Wildman–Crippen MR) is 49.5 cm³/mol. The highest BCUT2D eigenvalue weighted by Crippen LogP contribution is 2.35. The average molecular weight is 245 g/mol. The minimum absolute atomic E-state index is 0.120. The molecule has 1 aromatic heterocycles. The number of rotatable bonds is 2. The van der Waals surface area contributed by atoms with Gasteiger partial charge in [0.05, 0.1) is 22.8 Å². The summed E-state index contributed by atoms with van der Waals surface area (Å²) in [7, 11) is 0. The summed E-state index contributed by atoms with van der Waals surface area (Å²) in [4.78, 5) is 10.6. The van der Waals surface area contributed by atoms with Crippen LogP contribution in [-0.2, 0) is 11.3 Å². The molecule has 13 heavy (non-hydrogen) atoms. The molecule has 2 rings (SSSR count). The van der Waals surface area contributed by atoms with Gasteiger partial charge in [0, 0.05) is 12.5 Å². The van der Waals surface area contributed by atoms with E-state index in [0.717, 1.165) is 23.1 Å². The summed E-state index contributed by atoms with van der Waals surface area (Å²) < 4.78 is 2.80. The third kappa shape index (κ3) is 1.48. The molecular formula is C8H9BrN2O2. The van der Waals surface area contributed by atoms with E-state index < -0.39 is 5.97 Å². The maximum atomic E-state index is 10.6. The highest BCUT2D eigenvalue weighted by molar-refractivity contribution is 9.10. The molecule has 0 amide bonds. The fraction of sp³-hybridized carbons (Fsp3) is 0.500. The average Bonchev–Trinajstić information content (AvgIpc) is 2.56. The molecule has 0 saturated carbocycles. The van der Waals surface area contributed by atoms with Gasteiger partial charge in [-0.1, -0.05) is 0 Å². The van der Waals surface area contributed by atoms with Crippen LogP contribution >= 0.6 is 15.9 Å². The van der Waals surface area contributed by atoms with Gasteiger partial charge in [-0.3, -0.25) is 9.48 Å². The number of nitrogens with zero attached hydrogens (tertiary/aromatic N) is 2. The van der Waals surface area contributed by atoms with Crippen LogP contribution in [0.15, 0.2) is 10.7 Å². The van der Waals surface area contributed by atoms with Gasteiger partial charge in [-0.25, -0.2) is 0 Å². The number of aromatic nitrogens is 2. The highest BCUT2D eigenvalue weighted by Gasteiger charge is 2.27. The SMILES string of the molecule is O=C(O)CC1CCn2ncc(Br)c21. The lowest BCUT2D eigenvalue weighted by Crippen LogP contribution is -2.03. The Balaban J connectivity index is 2.26. The molecule has 1 atom stereocenters. The minimum Gasteiger partial charge on any atom is -0.481 e. The van der Waals surface area contributed by atoms with Gasteiger partial charge in [-0.05, 0) is 22.4 Å². The molecule has 5 heteroatoms. The fourth-order valence-corrected chi connectivity index (χ4v) is 2.40. The van der Waals surface area contributed by atoms with Gasteiger partial charge in [0.1, 0.15) is 0 Å². The second kappa shape index (κ2) is 3.14. The first-order valence-electron chi connectivity index (χ1n) is 4.11. The Bertz CT molecular complexity index is 348. The summed E-state index contributed by atoms with van der Waals surface area (Å²) in [5.74, 6) is -0.624. The van der Waals surface area contributed by atoms with Crippen molar-refractivity contribution in [2.45, 2.75) is 25.3 Å². The molecule has 1 unspecified atom stereocenters. The van der Waals surface area contributed by atoms with Crippen molar-refractivity contribution < 1.29 is 9.90 Å². The van der Waals surface area contributed by atoms with E-state index in [2.05, 4.69) is 21.0 Å². The molecule has 1 aliphatic rings. The lowest BCUT2D eigenvalue weighted by Gasteiger charge is -2.04. The maximum absolute atomic E-state index is 10.6. The molecular weight excluding hydrogens is 236 g/mol. The monoisotopic (exact) mass is 244 g/mol. The minimum atomic E-state index is -0.744. The van der Waals surface area contributed by atoms with Crippen LogP contribution < -0.4 is 0 Å². The third-order valence-corrected chi connectivity index (χ3v) is 2.94. The first kappa shape index (κ1) is 8.74. The summed E-state index contributed by atoms with van der Waals surface area (Å²) >= 11 is 3.37. The van der Waals surface area contributed by atoms with Gasteiger partial charge in [-0.2, -0.15) is 5.10 Å². The van der Waals surface area contributed by atoms with Crippen LogP contribution in [0.4, 0.5) is 0 Å². The topological polar surface area (TPSA) is 55.1 Å². The highest BCUT2D eigenvalue weighted by atomic mass is 79.9. The first-order chi connectivity index (χ1) is 6.18. The van der Waals surface area contributed by atoms with Gasteiger partial charge in [0.15, 0.2) is 0 Å². The van der Waals surface area contributed by atoms with Crippen LogP contribution in [0.2, 0.25) is 0 Å². The molecule has 0 saturated heterocycles. The van der Waals surface area contributed by atoms with E-state index in [1.165, 1.54) is 0 Å². The molecule has 0 aromatic carbocycles. The van der Waals surface area contributed by atoms with Crippen molar-refractivity contribution in [2.24, 2.45) is 0 Å². The largest absolute Gasteiger partial charge is 0.481 e. The number of aliphatic carboxylic acids is 1. The lowest BCUT2D eigenvalue weighted by atomic mass is 10.0. The predicted octanol–water partition coefficient (Wildman–Crippen LogP) is 1.61. The van der Waals surface area contributed by atoms with E-state index in [1.807, 2.05) is 4.68 Å². The number of aryl methyl sites for hydroxylation is 1. The molecule has 0 aliphatic carbocycles. The van der Waals surface area contributed by atoms with E-state index in [4.69, 9.17) is 5.11 Å². The molecule has 1 aliphatic heterocycles. The molecule has 2 heterocycles. The summed E-state index contributed by atoms with van der Waals surface area (Å²) in [6, 6.07) is 0. The quantitative estimate of drug-likeness (QED) is 0.861. The summed E-state index contributed by atoms with van der Waals surface area (Å²) in [6.45, 7) is 0.832. The number of hydrogen-bond acceptors (Lipinski definition) is 2. The number of halogens is 1. The number of fused-ring (bicyclic) bond motifs is 1. The van der Waals surface area contributed by atoms with Gasteiger partial charge >= 0.3 is 5.97 Å². The molecule has 0 fully saturated rings. The molecule has 1 N–H and O–H groups in total. The molecule has 0 bridgehead atoms. The summed E-state index contributed by atoms with van der Waals surface area (Å²) in [5, 5.41) is 12.8. The van der Waals surface area contributed by atoms with Gasteiger partial charge in [0.2, 0.25) is 0 Å². The van der Waals surface area contributed by atoms with Crippen LogP contribution in [0, 0.1) is 0 Å². The molecule has 0 spiro atoms. The Kier molecular flexibility index (Phi) is 2.11. The van der Waals surface area contributed by atoms with Crippen LogP contribution in [0.5, 0.6) is 0 Å². The van der Waals surface area contributed by atoms with E-state index >= 15 is 0 Å². The van der Waals surface area contributed by atoms with Crippen LogP contribution in [-0.4, -0.2) is 20.9 Å². The Hall–Kier alpha value is -0.840. The smallest absolute Gasteiger partial charge is 0.304 e. The van der Waals surface area contributed by atoms with Gasteiger partial charge in [0.25, 0.3) is 0 Å². The molecule has 70 valence electrons. The third-order valence-electron chi connectivity index (χ3n) is 2.33. The van der Waals surface area contributed by atoms with E-state index in [0.29, 0.717) is 0 Å². The Morgan fingerprint density at radius 1 is 1.85 bits per heavy atom. The Labute approximate surface area is 83.7 Å². The Morgan fingerprint density at radius 2 is 2.62 bits per heavy atom.